The Morgan fingerprint density at radius 1 is 1.25 bits per heavy atom. The molecule has 0 spiro atoms. The molecule has 1 heterocycles. The molecule has 1 aliphatic heterocycles. The van der Waals surface area contributed by atoms with Gasteiger partial charge >= 0.3 is 0 Å². The van der Waals surface area contributed by atoms with E-state index in [0.717, 1.165) is 0 Å². The molecule has 5 unspecified atom stereocenters. The van der Waals surface area contributed by atoms with Crippen LogP contribution in [0.2, 0.25) is 0 Å². The molecule has 0 aromatic carbocycles. The highest BCUT2D eigenvalue weighted by atomic mass is 16.7. The Morgan fingerprint density at radius 3 is 2.38 bits per heavy atom. The Hall–Kier alpha value is -0.700. The van der Waals surface area contributed by atoms with Gasteiger partial charge in [0, 0.05) is 5.70 Å². The third kappa shape index (κ3) is 2.91. The van der Waals surface area contributed by atoms with Gasteiger partial charge in [-0.05, 0) is 0 Å². The summed E-state index contributed by atoms with van der Waals surface area (Å²) < 4.78 is 10.1. The summed E-state index contributed by atoms with van der Waals surface area (Å²) in [5.74, 6) is 0. The van der Waals surface area contributed by atoms with Crippen LogP contribution in [0.1, 0.15) is 0 Å². The van der Waals surface area contributed by atoms with Crippen LogP contribution in [0.25, 0.3) is 0 Å². The van der Waals surface area contributed by atoms with Gasteiger partial charge in [-0.3, -0.25) is 0 Å². The first-order valence-electron chi connectivity index (χ1n) is 4.82. The van der Waals surface area contributed by atoms with Crippen molar-refractivity contribution in [2.45, 2.75) is 30.7 Å². The summed E-state index contributed by atoms with van der Waals surface area (Å²) in [4.78, 5) is 0. The maximum atomic E-state index is 9.52. The largest absolute Gasteiger partial charge is 0.401 e. The fourth-order valence-corrected chi connectivity index (χ4v) is 1.39. The van der Waals surface area contributed by atoms with Crippen molar-refractivity contribution < 1.29 is 29.9 Å². The van der Waals surface area contributed by atoms with Crippen LogP contribution < -0.4 is 5.73 Å². The Morgan fingerprint density at radius 2 is 1.88 bits per heavy atom. The number of nitrogens with two attached hydrogens (primary N) is 1. The first kappa shape index (κ1) is 13.4. The van der Waals surface area contributed by atoms with E-state index in [1.54, 1.807) is 0 Å². The maximum Gasteiger partial charge on any atom is 0.187 e. The molecule has 0 saturated carbocycles. The van der Waals surface area contributed by atoms with Crippen LogP contribution in [0.4, 0.5) is 0 Å². The number of aliphatic hydroxyl groups is 4. The zero-order chi connectivity index (χ0) is 12.3. The minimum Gasteiger partial charge on any atom is -0.401 e. The fraction of sp³-hybridized carbons (Fsp3) is 0.778. The molecule has 16 heavy (non-hydrogen) atoms. The molecule has 0 amide bonds. The van der Waals surface area contributed by atoms with Crippen LogP contribution in [0, 0.1) is 0 Å². The van der Waals surface area contributed by atoms with Crippen LogP contribution >= 0.6 is 0 Å². The van der Waals surface area contributed by atoms with Crippen molar-refractivity contribution in [3.8, 4) is 0 Å². The molecule has 7 nitrogen and oxygen atoms in total. The Bertz CT molecular complexity index is 246. The normalized spacial score (nSPS) is 39.6. The summed E-state index contributed by atoms with van der Waals surface area (Å²) in [6.07, 6.45) is -6.37. The second-order valence-electron chi connectivity index (χ2n) is 3.67. The summed E-state index contributed by atoms with van der Waals surface area (Å²) >= 11 is 0. The molecule has 6 N–H and O–H groups in total. The number of ether oxygens (including phenoxy) is 2. The van der Waals surface area contributed by atoms with E-state index in [4.69, 9.17) is 20.3 Å². The number of aliphatic hydroxyl groups excluding tert-OH is 4. The highest BCUT2D eigenvalue weighted by Crippen LogP contribution is 2.21. The van der Waals surface area contributed by atoms with Crippen molar-refractivity contribution >= 4 is 0 Å². The van der Waals surface area contributed by atoms with Gasteiger partial charge in [0.1, 0.15) is 24.4 Å². The highest BCUT2D eigenvalue weighted by molar-refractivity contribution is 4.91. The van der Waals surface area contributed by atoms with Crippen molar-refractivity contribution in [2.24, 2.45) is 5.73 Å². The van der Waals surface area contributed by atoms with Crippen LogP contribution in [0.3, 0.4) is 0 Å². The zero-order valence-electron chi connectivity index (χ0n) is 8.69. The van der Waals surface area contributed by atoms with Gasteiger partial charge in [0.25, 0.3) is 0 Å². The molecule has 0 bridgehead atoms. The van der Waals surface area contributed by atoms with Gasteiger partial charge in [-0.1, -0.05) is 6.58 Å². The van der Waals surface area contributed by atoms with Gasteiger partial charge in [-0.25, -0.2) is 0 Å². The van der Waals surface area contributed by atoms with Gasteiger partial charge < -0.3 is 35.6 Å². The van der Waals surface area contributed by atoms with Crippen molar-refractivity contribution in [3.63, 3.8) is 0 Å². The van der Waals surface area contributed by atoms with Gasteiger partial charge in [0.15, 0.2) is 6.29 Å². The molecule has 1 saturated heterocycles. The smallest absolute Gasteiger partial charge is 0.187 e. The third-order valence-electron chi connectivity index (χ3n) is 2.28. The second-order valence-corrected chi connectivity index (χ2v) is 3.67. The van der Waals surface area contributed by atoms with E-state index in [0.29, 0.717) is 0 Å². The summed E-state index contributed by atoms with van der Waals surface area (Å²) in [5.41, 5.74) is 5.50. The van der Waals surface area contributed by atoms with Crippen molar-refractivity contribution in [2.75, 3.05) is 13.2 Å². The van der Waals surface area contributed by atoms with Crippen molar-refractivity contribution in [1.29, 1.82) is 0 Å². The van der Waals surface area contributed by atoms with Gasteiger partial charge in [-0.2, -0.15) is 0 Å². The van der Waals surface area contributed by atoms with Crippen molar-refractivity contribution in [1.82, 2.24) is 0 Å². The van der Waals surface area contributed by atoms with E-state index in [2.05, 4.69) is 6.58 Å². The molecule has 0 aromatic rings. The van der Waals surface area contributed by atoms with E-state index in [-0.39, 0.29) is 12.3 Å². The van der Waals surface area contributed by atoms with Crippen LogP contribution in [0.15, 0.2) is 12.3 Å². The third-order valence-corrected chi connectivity index (χ3v) is 2.28. The van der Waals surface area contributed by atoms with Gasteiger partial charge in [0.2, 0.25) is 0 Å². The van der Waals surface area contributed by atoms with Crippen LogP contribution in [0.5, 0.6) is 0 Å². The minimum absolute atomic E-state index is 0.0529. The Labute approximate surface area is 92.7 Å². The van der Waals surface area contributed by atoms with Gasteiger partial charge in [0.05, 0.1) is 13.2 Å². The molecular weight excluding hydrogens is 218 g/mol. The van der Waals surface area contributed by atoms with Gasteiger partial charge in [-0.15, -0.1) is 0 Å². The lowest BCUT2D eigenvalue weighted by Gasteiger charge is -2.39. The Kier molecular flexibility index (Phi) is 4.66. The first-order chi connectivity index (χ1) is 7.47. The molecule has 7 heteroatoms. The monoisotopic (exact) mass is 235 g/mol. The average Bonchev–Trinajstić information content (AvgIpc) is 2.25. The predicted molar refractivity (Wildman–Crippen MR) is 53.0 cm³/mol. The predicted octanol–water partition coefficient (Wildman–Crippen LogP) is -2.72. The number of hydrogen-bond donors (Lipinski definition) is 5. The molecule has 0 aliphatic carbocycles. The maximum absolute atomic E-state index is 9.52. The first-order valence-corrected chi connectivity index (χ1v) is 4.82. The molecule has 0 aromatic heterocycles. The zero-order valence-corrected chi connectivity index (χ0v) is 8.69. The van der Waals surface area contributed by atoms with Crippen LogP contribution in [-0.2, 0) is 9.47 Å². The lowest BCUT2D eigenvalue weighted by atomic mass is 9.99. The molecule has 1 fully saturated rings. The highest BCUT2D eigenvalue weighted by Gasteiger charge is 2.43. The number of rotatable bonds is 4. The van der Waals surface area contributed by atoms with Crippen molar-refractivity contribution in [3.05, 3.63) is 12.3 Å². The minimum atomic E-state index is -1.44. The molecular formula is C9H17NO6. The fourth-order valence-electron chi connectivity index (χ4n) is 1.39. The van der Waals surface area contributed by atoms with E-state index >= 15 is 0 Å². The van der Waals surface area contributed by atoms with Crippen LogP contribution in [-0.4, -0.2) is 64.3 Å². The van der Waals surface area contributed by atoms with E-state index in [9.17, 15) is 15.3 Å². The lowest BCUT2D eigenvalue weighted by Crippen LogP contribution is -2.59. The second kappa shape index (κ2) is 5.58. The summed E-state index contributed by atoms with van der Waals surface area (Å²) in [7, 11) is 0. The lowest BCUT2D eigenvalue weighted by molar-refractivity contribution is -0.299. The van der Waals surface area contributed by atoms with E-state index in [1.165, 1.54) is 0 Å². The topological polar surface area (TPSA) is 125 Å². The molecule has 0 radical (unpaired) electrons. The van der Waals surface area contributed by atoms with E-state index in [1.807, 2.05) is 0 Å². The summed E-state index contributed by atoms with van der Waals surface area (Å²) in [6.45, 7) is 2.85. The summed E-state index contributed by atoms with van der Waals surface area (Å²) in [6, 6.07) is 0. The quantitative estimate of drug-likeness (QED) is 0.358. The number of hydrogen-bond acceptors (Lipinski definition) is 7. The molecule has 5 atom stereocenters. The standard InChI is InChI=1S/C9H17NO6/c1-4(10)3-15-9-8(14)7(13)6(12)5(2-11)16-9/h5-9,11-14H,1-3,10H2. The van der Waals surface area contributed by atoms with E-state index < -0.39 is 37.3 Å². The average molecular weight is 235 g/mol. The Balaban J connectivity index is 2.60. The molecule has 1 aliphatic rings. The molecule has 1 rings (SSSR count). The SMILES string of the molecule is C=C(N)COC1OC(CO)C(O)C(O)C1O. The summed E-state index contributed by atoms with van der Waals surface area (Å²) in [5, 5.41) is 37.3. The molecule has 94 valence electrons.